The van der Waals surface area contributed by atoms with Crippen molar-refractivity contribution >= 4 is 0 Å². The second kappa shape index (κ2) is 5.44. The molecule has 6 heteroatoms. The van der Waals surface area contributed by atoms with Crippen molar-refractivity contribution in [3.63, 3.8) is 0 Å². The van der Waals surface area contributed by atoms with E-state index >= 15 is 0 Å². The van der Waals surface area contributed by atoms with Crippen LogP contribution in [-0.2, 0) is 6.42 Å². The van der Waals surface area contributed by atoms with Crippen LogP contribution in [0, 0.1) is 12.8 Å². The molecule has 1 N–H and O–H groups in total. The summed E-state index contributed by atoms with van der Waals surface area (Å²) in [7, 11) is 0. The monoisotopic (exact) mass is 259 g/mol. The molecule has 1 saturated heterocycles. The van der Waals surface area contributed by atoms with Crippen LogP contribution in [0.4, 0.5) is 0 Å². The highest BCUT2D eigenvalue weighted by molar-refractivity contribution is 5.40. The first-order chi connectivity index (χ1) is 9.31. The average molecular weight is 259 g/mol. The van der Waals surface area contributed by atoms with Gasteiger partial charge in [-0.3, -0.25) is 0 Å². The fourth-order valence-corrected chi connectivity index (χ4v) is 2.27. The minimum Gasteiger partial charge on any atom is -0.339 e. The van der Waals surface area contributed by atoms with Crippen molar-refractivity contribution in [1.82, 2.24) is 25.4 Å². The topological polar surface area (TPSA) is 76.7 Å². The maximum absolute atomic E-state index is 5.29. The molecular formula is C13H17N5O. The summed E-state index contributed by atoms with van der Waals surface area (Å²) in [4.78, 5) is 12.8. The lowest BCUT2D eigenvalue weighted by atomic mass is 9.95. The SMILES string of the molecule is Cc1cnc(-c2noc(CC3CCNCC3)n2)nc1. The van der Waals surface area contributed by atoms with Crippen LogP contribution in [0.2, 0.25) is 0 Å². The zero-order chi connectivity index (χ0) is 13.1. The van der Waals surface area contributed by atoms with Gasteiger partial charge in [-0.15, -0.1) is 0 Å². The number of hydrogen-bond acceptors (Lipinski definition) is 6. The summed E-state index contributed by atoms with van der Waals surface area (Å²) in [5.41, 5.74) is 1.02. The maximum Gasteiger partial charge on any atom is 0.240 e. The molecule has 0 atom stereocenters. The summed E-state index contributed by atoms with van der Waals surface area (Å²) in [6.45, 7) is 4.10. The third-order valence-electron chi connectivity index (χ3n) is 3.37. The van der Waals surface area contributed by atoms with Crippen molar-refractivity contribution in [2.75, 3.05) is 13.1 Å². The molecule has 0 aliphatic carbocycles. The number of aromatic nitrogens is 4. The predicted octanol–water partition coefficient (Wildman–Crippen LogP) is 1.38. The maximum atomic E-state index is 5.29. The van der Waals surface area contributed by atoms with Gasteiger partial charge in [0.1, 0.15) is 0 Å². The number of hydrogen-bond donors (Lipinski definition) is 1. The van der Waals surface area contributed by atoms with E-state index < -0.39 is 0 Å². The molecule has 0 radical (unpaired) electrons. The Bertz CT molecular complexity index is 530. The van der Waals surface area contributed by atoms with Crippen molar-refractivity contribution < 1.29 is 4.52 Å². The van der Waals surface area contributed by atoms with Crippen molar-refractivity contribution in [1.29, 1.82) is 0 Å². The van der Waals surface area contributed by atoms with Gasteiger partial charge in [0.15, 0.2) is 0 Å². The Balaban J connectivity index is 1.70. The van der Waals surface area contributed by atoms with E-state index in [-0.39, 0.29) is 0 Å². The van der Waals surface area contributed by atoms with Gasteiger partial charge in [-0.1, -0.05) is 5.16 Å². The van der Waals surface area contributed by atoms with Crippen LogP contribution in [-0.4, -0.2) is 33.2 Å². The van der Waals surface area contributed by atoms with Crippen LogP contribution >= 0.6 is 0 Å². The van der Waals surface area contributed by atoms with E-state index in [4.69, 9.17) is 4.52 Å². The fraction of sp³-hybridized carbons (Fsp3) is 0.538. The third-order valence-corrected chi connectivity index (χ3v) is 3.37. The molecule has 2 aromatic rings. The Morgan fingerprint density at radius 2 is 1.95 bits per heavy atom. The number of nitrogens with zero attached hydrogens (tertiary/aromatic N) is 4. The quantitative estimate of drug-likeness (QED) is 0.897. The van der Waals surface area contributed by atoms with Crippen molar-refractivity contribution in [3.05, 3.63) is 23.8 Å². The first-order valence-electron chi connectivity index (χ1n) is 6.63. The highest BCUT2D eigenvalue weighted by Crippen LogP contribution is 2.18. The highest BCUT2D eigenvalue weighted by Gasteiger charge is 2.18. The summed E-state index contributed by atoms with van der Waals surface area (Å²) in [6, 6.07) is 0. The van der Waals surface area contributed by atoms with Gasteiger partial charge in [0.05, 0.1) is 0 Å². The van der Waals surface area contributed by atoms with Crippen LogP contribution in [0.15, 0.2) is 16.9 Å². The smallest absolute Gasteiger partial charge is 0.240 e. The molecule has 3 rings (SSSR count). The lowest BCUT2D eigenvalue weighted by Crippen LogP contribution is -2.28. The number of rotatable bonds is 3. The van der Waals surface area contributed by atoms with Crippen molar-refractivity contribution in [3.8, 4) is 11.6 Å². The van der Waals surface area contributed by atoms with Crippen LogP contribution in [0.5, 0.6) is 0 Å². The van der Waals surface area contributed by atoms with E-state index in [9.17, 15) is 0 Å². The van der Waals surface area contributed by atoms with Gasteiger partial charge in [-0.2, -0.15) is 4.98 Å². The number of aryl methyl sites for hydroxylation is 1. The zero-order valence-corrected chi connectivity index (χ0v) is 11.0. The Kier molecular flexibility index (Phi) is 3.50. The molecule has 0 unspecified atom stereocenters. The first kappa shape index (κ1) is 12.2. The van der Waals surface area contributed by atoms with E-state index in [1.54, 1.807) is 12.4 Å². The highest BCUT2D eigenvalue weighted by atomic mass is 16.5. The van der Waals surface area contributed by atoms with Crippen LogP contribution in [0.1, 0.15) is 24.3 Å². The van der Waals surface area contributed by atoms with Crippen LogP contribution in [0.3, 0.4) is 0 Å². The molecule has 2 aromatic heterocycles. The molecule has 0 bridgehead atoms. The predicted molar refractivity (Wildman–Crippen MR) is 69.4 cm³/mol. The van der Waals surface area contributed by atoms with E-state index in [0.717, 1.165) is 25.1 Å². The van der Waals surface area contributed by atoms with Gasteiger partial charge in [-0.05, 0) is 44.3 Å². The lowest BCUT2D eigenvalue weighted by molar-refractivity contribution is 0.313. The summed E-state index contributed by atoms with van der Waals surface area (Å²) in [5, 5.41) is 7.31. The molecule has 0 amide bonds. The standard InChI is InChI=1S/C13H17N5O/c1-9-7-15-12(16-8-9)13-17-11(19-18-13)6-10-2-4-14-5-3-10/h7-8,10,14H,2-6H2,1H3. The molecular weight excluding hydrogens is 242 g/mol. The van der Waals surface area contributed by atoms with Crippen molar-refractivity contribution in [2.45, 2.75) is 26.2 Å². The Labute approximate surface area is 111 Å². The Morgan fingerprint density at radius 1 is 1.21 bits per heavy atom. The van der Waals surface area contributed by atoms with E-state index in [1.807, 2.05) is 6.92 Å². The van der Waals surface area contributed by atoms with E-state index in [0.29, 0.717) is 23.5 Å². The molecule has 3 heterocycles. The second-order valence-electron chi connectivity index (χ2n) is 4.99. The summed E-state index contributed by atoms with van der Waals surface area (Å²) < 4.78 is 5.29. The minimum absolute atomic E-state index is 0.476. The Hall–Kier alpha value is -1.82. The first-order valence-corrected chi connectivity index (χ1v) is 6.63. The molecule has 1 aliphatic heterocycles. The van der Waals surface area contributed by atoms with Gasteiger partial charge >= 0.3 is 0 Å². The summed E-state index contributed by atoms with van der Waals surface area (Å²) in [5.74, 6) is 2.31. The molecule has 0 spiro atoms. The molecule has 1 fully saturated rings. The third kappa shape index (κ3) is 2.96. The van der Waals surface area contributed by atoms with E-state index in [1.165, 1.54) is 12.8 Å². The number of piperidine rings is 1. The summed E-state index contributed by atoms with van der Waals surface area (Å²) in [6.07, 6.45) is 6.69. The zero-order valence-electron chi connectivity index (χ0n) is 11.0. The van der Waals surface area contributed by atoms with E-state index in [2.05, 4.69) is 25.4 Å². The largest absolute Gasteiger partial charge is 0.339 e. The second-order valence-corrected chi connectivity index (χ2v) is 4.99. The van der Waals surface area contributed by atoms with Crippen LogP contribution < -0.4 is 5.32 Å². The van der Waals surface area contributed by atoms with Gasteiger partial charge < -0.3 is 9.84 Å². The molecule has 1 aliphatic rings. The molecule has 6 nitrogen and oxygen atoms in total. The Morgan fingerprint density at radius 3 is 2.68 bits per heavy atom. The molecule has 0 saturated carbocycles. The normalized spacial score (nSPS) is 16.7. The van der Waals surface area contributed by atoms with Crippen molar-refractivity contribution in [2.24, 2.45) is 5.92 Å². The minimum atomic E-state index is 0.476. The lowest BCUT2D eigenvalue weighted by Gasteiger charge is -2.20. The molecule has 0 aromatic carbocycles. The van der Waals surface area contributed by atoms with Gasteiger partial charge in [0.25, 0.3) is 0 Å². The molecule has 19 heavy (non-hydrogen) atoms. The average Bonchev–Trinajstić information content (AvgIpc) is 2.89. The molecule has 100 valence electrons. The summed E-state index contributed by atoms with van der Waals surface area (Å²) >= 11 is 0. The van der Waals surface area contributed by atoms with Gasteiger partial charge in [0, 0.05) is 18.8 Å². The van der Waals surface area contributed by atoms with Crippen LogP contribution in [0.25, 0.3) is 11.6 Å². The fourth-order valence-electron chi connectivity index (χ4n) is 2.27. The van der Waals surface area contributed by atoms with Gasteiger partial charge in [-0.25, -0.2) is 9.97 Å². The van der Waals surface area contributed by atoms with Gasteiger partial charge in [0.2, 0.25) is 17.5 Å². The number of nitrogens with one attached hydrogen (secondary N) is 1.